The summed E-state index contributed by atoms with van der Waals surface area (Å²) in [6.07, 6.45) is 15.6. The van der Waals surface area contributed by atoms with Gasteiger partial charge in [-0.05, 0) is 62.6 Å². The van der Waals surface area contributed by atoms with Gasteiger partial charge in [0.1, 0.15) is 11.4 Å². The number of carbonyl (C=O) groups is 2. The number of hydrogen-bond donors (Lipinski definition) is 1. The third-order valence-electron chi connectivity index (χ3n) is 7.49. The molecule has 2 saturated heterocycles. The van der Waals surface area contributed by atoms with Crippen LogP contribution in [-0.2, 0) is 20.8 Å². The van der Waals surface area contributed by atoms with Crippen molar-refractivity contribution >= 4 is 17.6 Å². The fraction of sp³-hybridized carbons (Fsp3) is 0.433. The van der Waals surface area contributed by atoms with Crippen molar-refractivity contribution in [3.05, 3.63) is 84.1 Å². The van der Waals surface area contributed by atoms with Crippen LogP contribution >= 0.6 is 0 Å². The van der Waals surface area contributed by atoms with Crippen LogP contribution in [0.3, 0.4) is 0 Å². The molecule has 208 valence electrons. The summed E-state index contributed by atoms with van der Waals surface area (Å²) in [5.74, 6) is -0.263. The molecule has 0 radical (unpaired) electrons. The highest BCUT2D eigenvalue weighted by atomic mass is 16.6. The van der Waals surface area contributed by atoms with Crippen molar-refractivity contribution in [1.29, 1.82) is 0 Å². The van der Waals surface area contributed by atoms with Crippen LogP contribution < -0.4 is 0 Å². The number of allylic oxidation sites excluding steroid dienone is 6. The van der Waals surface area contributed by atoms with Crippen LogP contribution in [0.4, 0.5) is 4.79 Å². The Balaban J connectivity index is 1.39. The molecule has 0 aromatic carbocycles. The predicted molar refractivity (Wildman–Crippen MR) is 150 cm³/mol. The lowest BCUT2D eigenvalue weighted by Crippen LogP contribution is -2.46. The standard InChI is InChI=1S/C30H38N4O5/c1-6-23(28(35)36)10-9-22(4)33-20-30(39-29(33)37)14-16-32(17-15-30)18-24-19-34(25-11-12-25)31-27(24)21(3)8-13-26(7-2)38-5/h6-10,13,19,25H,3-4,11-12,14-18,20H2,1-2,5H3,(H,35,36)/b10-9-,13-8-,23-6+,26-7+. The van der Waals surface area contributed by atoms with E-state index < -0.39 is 17.7 Å². The second-order valence-corrected chi connectivity index (χ2v) is 10.3. The molecular formula is C30H38N4O5. The second-order valence-electron chi connectivity index (χ2n) is 10.3. The molecule has 2 aliphatic heterocycles. The maximum atomic E-state index is 12.7. The molecule has 3 heterocycles. The molecule has 9 nitrogen and oxygen atoms in total. The van der Waals surface area contributed by atoms with Gasteiger partial charge >= 0.3 is 12.1 Å². The van der Waals surface area contributed by atoms with E-state index in [9.17, 15) is 14.7 Å². The van der Waals surface area contributed by atoms with Crippen molar-refractivity contribution in [3.8, 4) is 0 Å². The molecule has 0 bridgehead atoms. The summed E-state index contributed by atoms with van der Waals surface area (Å²) in [6, 6.07) is 0.467. The van der Waals surface area contributed by atoms with Crippen LogP contribution in [0.25, 0.3) is 5.57 Å². The average Bonchev–Trinajstić information content (AvgIpc) is 3.60. The maximum absolute atomic E-state index is 12.7. The molecule has 4 rings (SSSR count). The van der Waals surface area contributed by atoms with Gasteiger partial charge in [0.15, 0.2) is 0 Å². The Morgan fingerprint density at radius 3 is 2.49 bits per heavy atom. The number of amides is 1. The molecule has 1 saturated carbocycles. The van der Waals surface area contributed by atoms with E-state index >= 15 is 0 Å². The molecule has 3 fully saturated rings. The largest absolute Gasteiger partial charge is 0.497 e. The number of hydrogen-bond acceptors (Lipinski definition) is 6. The maximum Gasteiger partial charge on any atom is 0.415 e. The number of carbonyl (C=O) groups excluding carboxylic acids is 1. The minimum Gasteiger partial charge on any atom is -0.497 e. The first-order chi connectivity index (χ1) is 18.7. The zero-order valence-corrected chi connectivity index (χ0v) is 23.1. The quantitative estimate of drug-likeness (QED) is 0.236. The Morgan fingerprint density at radius 1 is 1.18 bits per heavy atom. The van der Waals surface area contributed by atoms with E-state index in [2.05, 4.69) is 28.9 Å². The number of rotatable bonds is 11. The first-order valence-electron chi connectivity index (χ1n) is 13.3. The lowest BCUT2D eigenvalue weighted by Gasteiger charge is -2.37. The number of ether oxygens (including phenoxy) is 2. The molecule has 0 unspecified atom stereocenters. The van der Waals surface area contributed by atoms with Gasteiger partial charge in [0, 0.05) is 49.9 Å². The number of carboxylic acid groups (broad SMARTS) is 1. The van der Waals surface area contributed by atoms with Crippen molar-refractivity contribution in [2.75, 3.05) is 26.7 Å². The van der Waals surface area contributed by atoms with Gasteiger partial charge in [-0.2, -0.15) is 5.10 Å². The van der Waals surface area contributed by atoms with Crippen molar-refractivity contribution in [3.63, 3.8) is 0 Å². The van der Waals surface area contributed by atoms with E-state index in [0.29, 0.717) is 31.1 Å². The summed E-state index contributed by atoms with van der Waals surface area (Å²) < 4.78 is 13.3. The monoisotopic (exact) mass is 534 g/mol. The highest BCUT2D eigenvalue weighted by Crippen LogP contribution is 2.37. The van der Waals surface area contributed by atoms with Crippen molar-refractivity contribution in [2.24, 2.45) is 0 Å². The van der Waals surface area contributed by atoms with Gasteiger partial charge in [0.05, 0.1) is 31.0 Å². The molecule has 9 heteroatoms. The summed E-state index contributed by atoms with van der Waals surface area (Å²) in [6.45, 7) is 14.5. The topological polar surface area (TPSA) is 97.1 Å². The Morgan fingerprint density at radius 2 is 1.90 bits per heavy atom. The minimum atomic E-state index is -1.03. The highest BCUT2D eigenvalue weighted by molar-refractivity contribution is 5.89. The summed E-state index contributed by atoms with van der Waals surface area (Å²) in [4.78, 5) is 27.8. The van der Waals surface area contributed by atoms with E-state index in [-0.39, 0.29) is 5.57 Å². The lowest BCUT2D eigenvalue weighted by atomic mass is 9.91. The SMILES string of the molecule is C=C(/C=C\C(=C/C)OC)c1nn(C2CC2)cc1CN1CCC2(CC1)CN(C(=C)/C=C\C(=C/C)C(=O)O)C(=O)O2. The Bertz CT molecular complexity index is 1260. The molecular weight excluding hydrogens is 496 g/mol. The van der Waals surface area contributed by atoms with Crippen LogP contribution in [0.5, 0.6) is 0 Å². The highest BCUT2D eigenvalue weighted by Gasteiger charge is 2.47. The molecule has 1 N–H and O–H groups in total. The van der Waals surface area contributed by atoms with E-state index in [4.69, 9.17) is 14.6 Å². The van der Waals surface area contributed by atoms with Gasteiger partial charge in [-0.15, -0.1) is 0 Å². The summed E-state index contributed by atoms with van der Waals surface area (Å²) >= 11 is 0. The fourth-order valence-corrected chi connectivity index (χ4v) is 4.92. The van der Waals surface area contributed by atoms with Gasteiger partial charge in [-0.1, -0.05) is 19.2 Å². The summed E-state index contributed by atoms with van der Waals surface area (Å²) in [5, 5.41) is 14.1. The van der Waals surface area contributed by atoms with Gasteiger partial charge < -0.3 is 14.6 Å². The van der Waals surface area contributed by atoms with Crippen LogP contribution in [0.15, 0.2) is 72.8 Å². The molecule has 3 aliphatic rings. The number of carboxylic acids is 1. The lowest BCUT2D eigenvalue weighted by molar-refractivity contribution is -0.132. The third-order valence-corrected chi connectivity index (χ3v) is 7.49. The summed E-state index contributed by atoms with van der Waals surface area (Å²) in [7, 11) is 1.64. The summed E-state index contributed by atoms with van der Waals surface area (Å²) in [5.41, 5.74) is 2.84. The van der Waals surface area contributed by atoms with Crippen LogP contribution in [0.1, 0.15) is 56.8 Å². The number of likely N-dealkylation sites (tertiary alicyclic amines) is 1. The molecule has 39 heavy (non-hydrogen) atoms. The second kappa shape index (κ2) is 11.9. The molecule has 1 aromatic heterocycles. The number of piperidine rings is 1. The average molecular weight is 535 g/mol. The Kier molecular flexibility index (Phi) is 8.60. The zero-order valence-electron chi connectivity index (χ0n) is 23.1. The number of methoxy groups -OCH3 is 1. The fourth-order valence-electron chi connectivity index (χ4n) is 4.92. The molecule has 0 atom stereocenters. The Labute approximate surface area is 230 Å². The van der Waals surface area contributed by atoms with Crippen molar-refractivity contribution in [2.45, 2.75) is 57.7 Å². The number of aliphatic carboxylic acids is 1. The smallest absolute Gasteiger partial charge is 0.415 e. The molecule has 1 aromatic rings. The van der Waals surface area contributed by atoms with Gasteiger partial charge in [0.2, 0.25) is 0 Å². The van der Waals surface area contributed by atoms with E-state index in [0.717, 1.165) is 55.1 Å². The van der Waals surface area contributed by atoms with E-state index in [1.165, 1.54) is 17.1 Å². The first-order valence-corrected chi connectivity index (χ1v) is 13.3. The zero-order chi connectivity index (χ0) is 28.2. The van der Waals surface area contributed by atoms with Crippen molar-refractivity contribution in [1.82, 2.24) is 19.6 Å². The molecule has 1 aliphatic carbocycles. The van der Waals surface area contributed by atoms with E-state index in [1.54, 1.807) is 20.1 Å². The van der Waals surface area contributed by atoms with Gasteiger partial charge in [-0.25, -0.2) is 9.59 Å². The normalized spacial score (nSPS) is 20.3. The van der Waals surface area contributed by atoms with Crippen LogP contribution in [0.2, 0.25) is 0 Å². The van der Waals surface area contributed by atoms with Crippen LogP contribution in [0, 0.1) is 0 Å². The van der Waals surface area contributed by atoms with E-state index in [1.807, 2.05) is 25.2 Å². The number of aromatic nitrogens is 2. The Hall–Kier alpha value is -3.85. The number of nitrogens with zero attached hydrogens (tertiary/aromatic N) is 4. The van der Waals surface area contributed by atoms with Crippen molar-refractivity contribution < 1.29 is 24.2 Å². The van der Waals surface area contributed by atoms with Crippen LogP contribution in [-0.4, -0.2) is 69.1 Å². The predicted octanol–water partition coefficient (Wildman–Crippen LogP) is 5.23. The van der Waals surface area contributed by atoms with Gasteiger partial charge in [0.25, 0.3) is 0 Å². The van der Waals surface area contributed by atoms with Gasteiger partial charge in [-0.3, -0.25) is 14.5 Å². The molecule has 1 amide bonds. The third kappa shape index (κ3) is 6.60. The molecule has 1 spiro atoms. The first kappa shape index (κ1) is 28.2. The minimum absolute atomic E-state index is 0.134.